The molecule has 1 aliphatic heterocycles. The molecule has 27 heavy (non-hydrogen) atoms. The maximum Gasteiger partial charge on any atom is 0.219 e. The van der Waals surface area contributed by atoms with Crippen molar-refractivity contribution in [3.05, 3.63) is 52.1 Å². The molecule has 2 heterocycles. The molecule has 0 saturated carbocycles. The Morgan fingerprint density at radius 3 is 2.85 bits per heavy atom. The van der Waals surface area contributed by atoms with E-state index in [2.05, 4.69) is 4.98 Å². The second-order valence-corrected chi connectivity index (χ2v) is 6.64. The highest BCUT2D eigenvalue weighted by Gasteiger charge is 2.30. The first-order valence-electron chi connectivity index (χ1n) is 8.66. The molecule has 0 spiro atoms. The standard InChI is InChI=1S/C20H20ClFN2O3/c1-4-12-5-6-13(16(22)9-12)15-10-19(21)23-20-14(15)7-8-18(27-20)17(11-25)24(2)26-3/h5-6,9-10,18H,4,7-8H2,1-3H3. The van der Waals surface area contributed by atoms with Gasteiger partial charge in [-0.15, -0.1) is 0 Å². The molecule has 7 heteroatoms. The molecule has 0 radical (unpaired) electrons. The van der Waals surface area contributed by atoms with E-state index in [1.54, 1.807) is 19.2 Å². The first-order valence-corrected chi connectivity index (χ1v) is 9.04. The van der Waals surface area contributed by atoms with E-state index in [4.69, 9.17) is 21.2 Å². The smallest absolute Gasteiger partial charge is 0.219 e. The normalized spacial score (nSPS) is 15.5. The summed E-state index contributed by atoms with van der Waals surface area (Å²) in [6.45, 7) is 1.97. The van der Waals surface area contributed by atoms with Crippen LogP contribution in [0, 0.1) is 5.82 Å². The quantitative estimate of drug-likeness (QED) is 0.438. The number of benzene rings is 1. The summed E-state index contributed by atoms with van der Waals surface area (Å²) in [5.41, 5.74) is 3.02. The molecule has 1 aromatic heterocycles. The molecular formula is C20H20ClFN2O3. The van der Waals surface area contributed by atoms with E-state index >= 15 is 0 Å². The highest BCUT2D eigenvalue weighted by Crippen LogP contribution is 2.38. The first-order chi connectivity index (χ1) is 13.0. The average molecular weight is 391 g/mol. The zero-order valence-corrected chi connectivity index (χ0v) is 16.1. The number of rotatable bonds is 5. The summed E-state index contributed by atoms with van der Waals surface area (Å²) < 4.78 is 20.5. The lowest BCUT2D eigenvalue weighted by Crippen LogP contribution is -2.34. The largest absolute Gasteiger partial charge is 0.467 e. The molecule has 1 atom stereocenters. The molecule has 0 N–H and O–H groups in total. The Hall–Kier alpha value is -2.40. The van der Waals surface area contributed by atoms with Crippen molar-refractivity contribution in [2.45, 2.75) is 32.3 Å². The van der Waals surface area contributed by atoms with Crippen LogP contribution in [0.25, 0.3) is 11.1 Å². The third kappa shape index (κ3) is 3.83. The Kier molecular flexibility index (Phi) is 5.80. The molecule has 1 aliphatic rings. The van der Waals surface area contributed by atoms with Crippen LogP contribution < -0.4 is 4.74 Å². The Bertz CT molecular complexity index is 912. The third-order valence-corrected chi connectivity index (χ3v) is 4.91. The molecule has 142 valence electrons. The minimum Gasteiger partial charge on any atom is -0.467 e. The Balaban J connectivity index is 2.02. The van der Waals surface area contributed by atoms with Crippen LogP contribution in [0.5, 0.6) is 5.88 Å². The van der Waals surface area contributed by atoms with Gasteiger partial charge in [-0.3, -0.25) is 4.84 Å². The maximum atomic E-state index is 14.7. The summed E-state index contributed by atoms with van der Waals surface area (Å²) in [6, 6.07) is 6.82. The SMILES string of the molecule is CCc1ccc(-c2cc(Cl)nc3c2CCC(C(=C=O)N(C)OC)O3)c(F)c1. The van der Waals surface area contributed by atoms with Gasteiger partial charge in [0.05, 0.1) is 7.11 Å². The van der Waals surface area contributed by atoms with Crippen molar-refractivity contribution in [3.63, 3.8) is 0 Å². The first kappa shape index (κ1) is 19.4. The van der Waals surface area contributed by atoms with Crippen molar-refractivity contribution in [1.29, 1.82) is 0 Å². The number of hydroxylamine groups is 2. The van der Waals surface area contributed by atoms with E-state index in [9.17, 15) is 9.18 Å². The number of nitrogens with zero attached hydrogens (tertiary/aromatic N) is 2. The van der Waals surface area contributed by atoms with Crippen LogP contribution in [0.3, 0.4) is 0 Å². The van der Waals surface area contributed by atoms with E-state index in [0.717, 1.165) is 17.5 Å². The average Bonchev–Trinajstić information content (AvgIpc) is 2.67. The fourth-order valence-corrected chi connectivity index (χ4v) is 3.37. The number of fused-ring (bicyclic) bond motifs is 1. The molecule has 1 aromatic carbocycles. The zero-order chi connectivity index (χ0) is 19.6. The second-order valence-electron chi connectivity index (χ2n) is 6.26. The van der Waals surface area contributed by atoms with Gasteiger partial charge in [-0.25, -0.2) is 19.2 Å². The second kappa shape index (κ2) is 8.09. The number of hydrogen-bond acceptors (Lipinski definition) is 5. The number of ether oxygens (including phenoxy) is 1. The van der Waals surface area contributed by atoms with Gasteiger partial charge in [-0.2, -0.15) is 0 Å². The van der Waals surface area contributed by atoms with Gasteiger partial charge in [0.1, 0.15) is 11.0 Å². The molecule has 0 bridgehead atoms. The topological polar surface area (TPSA) is 51.7 Å². The summed E-state index contributed by atoms with van der Waals surface area (Å²) in [6.07, 6.45) is 1.25. The highest BCUT2D eigenvalue weighted by molar-refractivity contribution is 6.29. The molecule has 0 fully saturated rings. The van der Waals surface area contributed by atoms with Crippen molar-refractivity contribution < 1.29 is 18.8 Å². The van der Waals surface area contributed by atoms with Crippen LogP contribution in [0.4, 0.5) is 4.39 Å². The molecule has 0 aliphatic carbocycles. The Labute approximate surface area is 162 Å². The van der Waals surface area contributed by atoms with Crippen molar-refractivity contribution in [3.8, 4) is 17.0 Å². The molecule has 1 unspecified atom stereocenters. The van der Waals surface area contributed by atoms with Crippen LogP contribution in [-0.2, 0) is 22.5 Å². The van der Waals surface area contributed by atoms with E-state index < -0.39 is 6.10 Å². The zero-order valence-electron chi connectivity index (χ0n) is 15.4. The van der Waals surface area contributed by atoms with Gasteiger partial charge in [-0.1, -0.05) is 30.7 Å². The van der Waals surface area contributed by atoms with Crippen molar-refractivity contribution >= 4 is 17.5 Å². The highest BCUT2D eigenvalue weighted by atomic mass is 35.5. The fourth-order valence-electron chi connectivity index (χ4n) is 3.19. The van der Waals surface area contributed by atoms with E-state index in [1.807, 2.05) is 18.9 Å². The van der Waals surface area contributed by atoms with Gasteiger partial charge in [-0.05, 0) is 42.5 Å². The lowest BCUT2D eigenvalue weighted by atomic mass is 9.93. The number of halogens is 2. The minimum absolute atomic E-state index is 0.195. The van der Waals surface area contributed by atoms with Crippen LogP contribution in [0.15, 0.2) is 30.0 Å². The molecule has 2 aromatic rings. The molecule has 0 saturated heterocycles. The minimum atomic E-state index is -0.564. The van der Waals surface area contributed by atoms with Gasteiger partial charge >= 0.3 is 0 Å². The van der Waals surface area contributed by atoms with Gasteiger partial charge < -0.3 is 4.74 Å². The molecule has 5 nitrogen and oxygen atoms in total. The van der Waals surface area contributed by atoms with Crippen LogP contribution >= 0.6 is 11.6 Å². The maximum absolute atomic E-state index is 14.7. The van der Waals surface area contributed by atoms with Crippen molar-refractivity contribution in [2.75, 3.05) is 14.2 Å². The van der Waals surface area contributed by atoms with E-state index in [0.29, 0.717) is 29.8 Å². The van der Waals surface area contributed by atoms with Crippen molar-refractivity contribution in [2.24, 2.45) is 0 Å². The predicted molar refractivity (Wildman–Crippen MR) is 101 cm³/mol. The van der Waals surface area contributed by atoms with E-state index in [1.165, 1.54) is 18.2 Å². The summed E-state index contributed by atoms with van der Waals surface area (Å²) in [5.74, 6) is 1.84. The summed E-state index contributed by atoms with van der Waals surface area (Å²) in [4.78, 5) is 20.6. The van der Waals surface area contributed by atoms with Crippen molar-refractivity contribution in [1.82, 2.24) is 10.0 Å². The third-order valence-electron chi connectivity index (χ3n) is 4.72. The number of likely N-dealkylation sites (N-methyl/N-ethyl adjacent to an activating group) is 1. The number of aryl methyl sites for hydroxylation is 1. The lowest BCUT2D eigenvalue weighted by Gasteiger charge is -2.30. The predicted octanol–water partition coefficient (Wildman–Crippen LogP) is 4.01. The van der Waals surface area contributed by atoms with Crippen LogP contribution in [0.1, 0.15) is 24.5 Å². The Morgan fingerprint density at radius 2 is 2.22 bits per heavy atom. The van der Waals surface area contributed by atoms with Gasteiger partial charge in [0.2, 0.25) is 5.88 Å². The number of carbonyl (C=O) groups excluding carboxylic acids is 1. The molecular weight excluding hydrogens is 371 g/mol. The lowest BCUT2D eigenvalue weighted by molar-refractivity contribution is -0.0906. The summed E-state index contributed by atoms with van der Waals surface area (Å²) in [7, 11) is 3.05. The molecule has 3 rings (SSSR count). The van der Waals surface area contributed by atoms with Crippen LogP contribution in [-0.4, -0.2) is 36.2 Å². The summed E-state index contributed by atoms with van der Waals surface area (Å²) >= 11 is 6.16. The van der Waals surface area contributed by atoms with Gasteiger partial charge in [0.15, 0.2) is 17.7 Å². The van der Waals surface area contributed by atoms with Crippen LogP contribution in [0.2, 0.25) is 5.15 Å². The Morgan fingerprint density at radius 1 is 1.44 bits per heavy atom. The monoisotopic (exact) mass is 390 g/mol. The summed E-state index contributed by atoms with van der Waals surface area (Å²) in [5, 5.41) is 1.50. The number of hydrogen-bond donors (Lipinski definition) is 0. The number of pyridine rings is 1. The van der Waals surface area contributed by atoms with E-state index in [-0.39, 0.29) is 16.7 Å². The van der Waals surface area contributed by atoms with Gasteiger partial charge in [0, 0.05) is 18.2 Å². The fraction of sp³-hybridized carbons (Fsp3) is 0.350. The van der Waals surface area contributed by atoms with Gasteiger partial charge in [0.25, 0.3) is 0 Å². The number of aromatic nitrogens is 1. The molecule has 0 amide bonds.